The molecule has 0 rings (SSSR count). The van der Waals surface area contributed by atoms with Crippen LogP contribution in [0, 0.1) is 0 Å². The maximum Gasteiger partial charge on any atom is 0 e. The normalized spacial score (nSPS) is 0. The van der Waals surface area contributed by atoms with E-state index in [-0.39, 0.29) is 85.1 Å². The smallest absolute Gasteiger partial charge is 0 e. The molecule has 0 N–H and O–H groups in total. The zero-order valence-corrected chi connectivity index (χ0v) is 10.6. The minimum atomic E-state index is 0. The van der Waals surface area contributed by atoms with E-state index >= 15 is 0 Å². The molecule has 0 fully saturated rings. The molecule has 4 heavy (non-hydrogen) atoms. The molecule has 0 aromatic carbocycles. The van der Waals surface area contributed by atoms with Crippen molar-refractivity contribution in [3.05, 3.63) is 0 Å². The van der Waals surface area contributed by atoms with Crippen molar-refractivity contribution in [1.82, 2.24) is 0 Å². The molecule has 0 aliphatic carbocycles. The van der Waals surface area contributed by atoms with Crippen LogP contribution in [0.4, 0.5) is 0 Å². The first-order valence-electron chi connectivity index (χ1n) is 0. The Balaban J connectivity index is 0. The van der Waals surface area contributed by atoms with Gasteiger partial charge in [0, 0.05) is 85.1 Å². The number of hydrogen-bond donors (Lipinski definition) is 0. The Kier molecular flexibility index (Phi) is 126. The van der Waals surface area contributed by atoms with Gasteiger partial charge < -0.3 is 0 Å². The fourth-order valence-electron chi connectivity index (χ4n) is 0. The summed E-state index contributed by atoms with van der Waals surface area (Å²) in [5.74, 6) is 0. The van der Waals surface area contributed by atoms with Crippen LogP contribution in [0.3, 0.4) is 0 Å². The molecule has 0 aliphatic heterocycles. The monoisotopic (exact) mass is 443 g/mol. The van der Waals surface area contributed by atoms with E-state index in [4.69, 9.17) is 0 Å². The number of rotatable bonds is 0. The van der Waals surface area contributed by atoms with Crippen molar-refractivity contribution in [3.8, 4) is 0 Å². The van der Waals surface area contributed by atoms with Gasteiger partial charge in [0.05, 0.1) is 0 Å². The van der Waals surface area contributed by atoms with Gasteiger partial charge in [-0.3, -0.25) is 0 Å². The molecule has 0 bridgehead atoms. The van der Waals surface area contributed by atoms with Gasteiger partial charge in [-0.2, -0.15) is 0 Å². The van der Waals surface area contributed by atoms with Crippen LogP contribution in [0.2, 0.25) is 0 Å². The van der Waals surface area contributed by atoms with Crippen LogP contribution in [0.25, 0.3) is 0 Å². The Morgan fingerprint density at radius 1 is 1.00 bits per heavy atom. The van der Waals surface area contributed by atoms with E-state index in [1.807, 2.05) is 0 Å². The van der Waals surface area contributed by atoms with Crippen molar-refractivity contribution in [2.45, 2.75) is 0 Å². The van der Waals surface area contributed by atoms with Crippen LogP contribution in [0.15, 0.2) is 0 Å². The van der Waals surface area contributed by atoms with Crippen LogP contribution < -0.4 is 0 Å². The molecular formula is AgBiCuZn. The molecule has 0 spiro atoms. The maximum absolute atomic E-state index is 0. The molecule has 0 aromatic heterocycles. The van der Waals surface area contributed by atoms with Crippen molar-refractivity contribution >= 4 is 26.2 Å². The quantitative estimate of drug-likeness (QED) is 0.446. The summed E-state index contributed by atoms with van der Waals surface area (Å²) in [6, 6.07) is 0. The summed E-state index contributed by atoms with van der Waals surface area (Å²) >= 11 is 0. The summed E-state index contributed by atoms with van der Waals surface area (Å²) in [4.78, 5) is 0. The van der Waals surface area contributed by atoms with Gasteiger partial charge in [-0.1, -0.05) is 0 Å². The Morgan fingerprint density at radius 3 is 1.00 bits per heavy atom. The van der Waals surface area contributed by atoms with Crippen molar-refractivity contribution in [1.29, 1.82) is 0 Å². The first-order valence-corrected chi connectivity index (χ1v) is 0. The van der Waals surface area contributed by atoms with E-state index in [2.05, 4.69) is 0 Å². The van der Waals surface area contributed by atoms with Crippen molar-refractivity contribution in [3.63, 3.8) is 0 Å². The average Bonchev–Trinajstić information content (AvgIpc) is 0. The van der Waals surface area contributed by atoms with Gasteiger partial charge in [-0.25, -0.2) is 0 Å². The van der Waals surface area contributed by atoms with E-state index in [0.717, 1.165) is 0 Å². The molecule has 0 atom stereocenters. The summed E-state index contributed by atoms with van der Waals surface area (Å²) in [6.45, 7) is 0. The van der Waals surface area contributed by atoms with Crippen LogP contribution in [-0.4, -0.2) is 26.2 Å². The summed E-state index contributed by atoms with van der Waals surface area (Å²) in [5.41, 5.74) is 0. The second kappa shape index (κ2) is 17.1. The summed E-state index contributed by atoms with van der Waals surface area (Å²) < 4.78 is 0. The Hall–Kier alpha value is 2.77. The van der Waals surface area contributed by atoms with Gasteiger partial charge in [0.15, 0.2) is 0 Å². The van der Waals surface area contributed by atoms with Gasteiger partial charge in [-0.05, 0) is 0 Å². The topological polar surface area (TPSA) is 0 Å². The average molecular weight is 446 g/mol. The van der Waals surface area contributed by atoms with Gasteiger partial charge in [0.25, 0.3) is 0 Å². The first-order chi connectivity index (χ1) is 0. The van der Waals surface area contributed by atoms with E-state index in [1.165, 1.54) is 0 Å². The molecule has 0 unspecified atom stereocenters. The molecule has 0 nitrogen and oxygen atoms in total. The largest absolute Gasteiger partial charge is 0 e. The molecule has 0 amide bonds. The molecular weight excluding hydrogens is 446 g/mol. The Labute approximate surface area is 83.7 Å². The fraction of sp³-hybridized carbons (Fsp3) is 0. The van der Waals surface area contributed by atoms with Crippen LogP contribution in [0.5, 0.6) is 0 Å². The third-order valence-electron chi connectivity index (χ3n) is 0. The molecule has 0 heterocycles. The second-order valence-corrected chi connectivity index (χ2v) is 0. The molecule has 0 aromatic rings. The summed E-state index contributed by atoms with van der Waals surface area (Å²) in [7, 11) is 0. The van der Waals surface area contributed by atoms with E-state index in [1.54, 1.807) is 0 Å². The predicted molar refractivity (Wildman–Crippen MR) is 5.75 cm³/mol. The van der Waals surface area contributed by atoms with E-state index < -0.39 is 0 Å². The molecule has 0 aliphatic rings. The molecule has 0 saturated heterocycles. The van der Waals surface area contributed by atoms with Gasteiger partial charge >= 0.3 is 0 Å². The Morgan fingerprint density at radius 2 is 1.00 bits per heavy atom. The summed E-state index contributed by atoms with van der Waals surface area (Å²) in [6.07, 6.45) is 0. The van der Waals surface area contributed by atoms with Crippen LogP contribution >= 0.6 is 0 Å². The van der Waals surface area contributed by atoms with Crippen LogP contribution in [-0.2, 0) is 58.9 Å². The molecule has 0 saturated carbocycles. The Bertz CT molecular complexity index is 8.00. The minimum Gasteiger partial charge on any atom is 0 e. The summed E-state index contributed by atoms with van der Waals surface area (Å²) in [5, 5.41) is 0. The van der Waals surface area contributed by atoms with Gasteiger partial charge in [-0.15, -0.1) is 0 Å². The zero-order chi connectivity index (χ0) is 0. The zero-order valence-electron chi connectivity index (χ0n) is 1.76. The molecule has 5 radical (unpaired) electrons. The SMILES string of the molecule is [Ag].[Bi].[Cu].[Zn]. The van der Waals surface area contributed by atoms with Crippen molar-refractivity contribution in [2.24, 2.45) is 0 Å². The van der Waals surface area contributed by atoms with Gasteiger partial charge in [0.1, 0.15) is 0 Å². The minimum absolute atomic E-state index is 0. The third kappa shape index (κ3) is 8.84. The molecule has 29 valence electrons. The molecule has 4 heteroatoms. The number of hydrogen-bond acceptors (Lipinski definition) is 0. The second-order valence-electron chi connectivity index (χ2n) is 0. The van der Waals surface area contributed by atoms with Crippen molar-refractivity contribution in [2.75, 3.05) is 0 Å². The fourth-order valence-corrected chi connectivity index (χ4v) is 0. The standard InChI is InChI=1S/Ag.Bi.Cu.Zn. The van der Waals surface area contributed by atoms with E-state index in [9.17, 15) is 0 Å². The van der Waals surface area contributed by atoms with Gasteiger partial charge in [0.2, 0.25) is 0 Å². The predicted octanol–water partition coefficient (Wildman–Crippen LogP) is -0.388. The van der Waals surface area contributed by atoms with Crippen LogP contribution in [0.1, 0.15) is 0 Å². The van der Waals surface area contributed by atoms with Crippen molar-refractivity contribution < 1.29 is 58.9 Å². The van der Waals surface area contributed by atoms with E-state index in [0.29, 0.717) is 0 Å². The first kappa shape index (κ1) is 29.4. The maximum atomic E-state index is 0. The third-order valence-corrected chi connectivity index (χ3v) is 0.